The topological polar surface area (TPSA) is 57.6 Å². The second kappa shape index (κ2) is 6.88. The first kappa shape index (κ1) is 16.3. The van der Waals surface area contributed by atoms with Crippen molar-refractivity contribution in [3.05, 3.63) is 58.5 Å². The molecule has 126 valence electrons. The lowest BCUT2D eigenvalue weighted by Gasteiger charge is -2.34. The van der Waals surface area contributed by atoms with Crippen LogP contribution in [0.15, 0.2) is 47.4 Å². The Bertz CT molecular complexity index is 774. The molecule has 0 unspecified atom stereocenters. The van der Waals surface area contributed by atoms with Gasteiger partial charge in [-0.1, -0.05) is 0 Å². The lowest BCUT2D eigenvalue weighted by atomic mass is 10.2. The Kier molecular flexibility index (Phi) is 4.66. The Hall–Kier alpha value is -2.60. The van der Waals surface area contributed by atoms with Crippen LogP contribution in [0.2, 0.25) is 0 Å². The van der Waals surface area contributed by atoms with Gasteiger partial charge in [-0.3, -0.25) is 9.59 Å². The summed E-state index contributed by atoms with van der Waals surface area (Å²) in [5, 5.41) is 2.86. The summed E-state index contributed by atoms with van der Waals surface area (Å²) in [5.74, 6) is -0.224. The van der Waals surface area contributed by atoms with E-state index in [9.17, 15) is 9.59 Å². The van der Waals surface area contributed by atoms with Gasteiger partial charge in [0.15, 0.2) is 0 Å². The summed E-state index contributed by atoms with van der Waals surface area (Å²) in [5.41, 5.74) is 2.23. The van der Waals surface area contributed by atoms with Crippen molar-refractivity contribution in [2.45, 2.75) is 0 Å². The van der Waals surface area contributed by atoms with Crippen LogP contribution in [0.25, 0.3) is 0 Å². The average Bonchev–Trinajstić information content (AvgIpc) is 2.59. The molecule has 0 bridgehead atoms. The molecule has 1 aromatic carbocycles. The second-order valence-electron chi connectivity index (χ2n) is 6.16. The molecule has 2 aromatic rings. The predicted molar refractivity (Wildman–Crippen MR) is 95.8 cm³/mol. The van der Waals surface area contributed by atoms with Crippen molar-refractivity contribution in [1.82, 2.24) is 9.47 Å². The second-order valence-corrected chi connectivity index (χ2v) is 6.16. The number of amides is 1. The highest BCUT2D eigenvalue weighted by molar-refractivity contribution is 6.04. The summed E-state index contributed by atoms with van der Waals surface area (Å²) < 4.78 is 1.39. The molecule has 1 N–H and O–H groups in total. The number of hydrogen-bond acceptors (Lipinski definition) is 4. The molecular formula is C18H22N4O2. The predicted octanol–water partition coefficient (Wildman–Crippen LogP) is 1.39. The minimum absolute atomic E-state index is 0.136. The third kappa shape index (κ3) is 3.65. The Balaban J connectivity index is 1.66. The first-order valence-electron chi connectivity index (χ1n) is 8.04. The highest BCUT2D eigenvalue weighted by Crippen LogP contribution is 2.19. The van der Waals surface area contributed by atoms with E-state index >= 15 is 0 Å². The maximum atomic E-state index is 12.3. The number of hydrogen-bond donors (Lipinski definition) is 1. The van der Waals surface area contributed by atoms with Crippen LogP contribution >= 0.6 is 0 Å². The number of benzene rings is 1. The third-order valence-electron chi connectivity index (χ3n) is 4.34. The summed E-state index contributed by atoms with van der Waals surface area (Å²) in [4.78, 5) is 28.3. The largest absolute Gasteiger partial charge is 0.369 e. The summed E-state index contributed by atoms with van der Waals surface area (Å²) in [7, 11) is 3.76. The smallest absolute Gasteiger partial charge is 0.257 e. The van der Waals surface area contributed by atoms with Gasteiger partial charge in [0, 0.05) is 56.9 Å². The number of carbonyl (C=O) groups is 1. The van der Waals surface area contributed by atoms with Gasteiger partial charge in [0.05, 0.1) is 5.56 Å². The normalized spacial score (nSPS) is 15.3. The first-order chi connectivity index (χ1) is 11.5. The van der Waals surface area contributed by atoms with Gasteiger partial charge in [-0.05, 0) is 37.4 Å². The number of nitrogens with zero attached hydrogens (tertiary/aromatic N) is 3. The summed E-state index contributed by atoms with van der Waals surface area (Å²) >= 11 is 0. The minimum atomic E-state index is -0.224. The number of carbonyl (C=O) groups excluding carboxylic acids is 1. The van der Waals surface area contributed by atoms with Crippen LogP contribution in [0.1, 0.15) is 10.4 Å². The molecule has 1 aliphatic rings. The van der Waals surface area contributed by atoms with E-state index in [2.05, 4.69) is 22.2 Å². The van der Waals surface area contributed by atoms with Crippen molar-refractivity contribution in [3.63, 3.8) is 0 Å². The zero-order valence-corrected chi connectivity index (χ0v) is 14.0. The van der Waals surface area contributed by atoms with E-state index in [4.69, 9.17) is 0 Å². The number of likely N-dealkylation sites (N-methyl/N-ethyl adjacent to an activating group) is 1. The molecule has 0 atom stereocenters. The molecule has 1 saturated heterocycles. The van der Waals surface area contributed by atoms with Gasteiger partial charge in [-0.25, -0.2) is 0 Å². The lowest BCUT2D eigenvalue weighted by molar-refractivity contribution is 0.102. The van der Waals surface area contributed by atoms with Crippen molar-refractivity contribution in [1.29, 1.82) is 0 Å². The molecule has 24 heavy (non-hydrogen) atoms. The molecule has 0 spiro atoms. The molecule has 0 radical (unpaired) electrons. The SMILES string of the molecule is CN1CCN(c2ccc(NC(=O)c3ccc(=O)n(C)c3)cc2)CC1. The van der Waals surface area contributed by atoms with Crippen LogP contribution in [0.4, 0.5) is 11.4 Å². The van der Waals surface area contributed by atoms with Crippen LogP contribution in [0, 0.1) is 0 Å². The number of anilines is 2. The molecule has 6 nitrogen and oxygen atoms in total. The van der Waals surface area contributed by atoms with Crippen LogP contribution < -0.4 is 15.8 Å². The molecule has 1 aliphatic heterocycles. The molecule has 2 heterocycles. The van der Waals surface area contributed by atoms with Crippen LogP contribution in [0.3, 0.4) is 0 Å². The highest BCUT2D eigenvalue weighted by Gasteiger charge is 2.14. The maximum absolute atomic E-state index is 12.3. The van der Waals surface area contributed by atoms with Gasteiger partial charge >= 0.3 is 0 Å². The van der Waals surface area contributed by atoms with E-state index in [0.29, 0.717) is 5.56 Å². The number of aryl methyl sites for hydroxylation is 1. The molecule has 6 heteroatoms. The fourth-order valence-electron chi connectivity index (χ4n) is 2.75. The maximum Gasteiger partial charge on any atom is 0.257 e. The number of pyridine rings is 1. The molecule has 1 aromatic heterocycles. The Morgan fingerprint density at radius 3 is 2.25 bits per heavy atom. The van der Waals surface area contributed by atoms with Crippen LogP contribution in [0.5, 0.6) is 0 Å². The van der Waals surface area contributed by atoms with Crippen LogP contribution in [-0.2, 0) is 7.05 Å². The quantitative estimate of drug-likeness (QED) is 0.926. The Morgan fingerprint density at radius 1 is 0.958 bits per heavy atom. The number of piperazine rings is 1. The zero-order valence-electron chi connectivity index (χ0n) is 14.0. The fourth-order valence-corrected chi connectivity index (χ4v) is 2.75. The Morgan fingerprint density at radius 2 is 1.62 bits per heavy atom. The zero-order chi connectivity index (χ0) is 17.1. The van der Waals surface area contributed by atoms with E-state index in [1.807, 2.05) is 24.3 Å². The standard InChI is InChI=1S/C18H22N4O2/c1-20-9-11-22(12-10-20)16-6-4-15(5-7-16)19-18(24)14-3-8-17(23)21(2)13-14/h3-8,13H,9-12H2,1-2H3,(H,19,24). The van der Waals surface area contributed by atoms with E-state index in [1.165, 1.54) is 28.6 Å². The van der Waals surface area contributed by atoms with E-state index in [1.54, 1.807) is 7.05 Å². The molecule has 0 aliphatic carbocycles. The van der Waals surface area contributed by atoms with Crippen molar-refractivity contribution < 1.29 is 4.79 Å². The van der Waals surface area contributed by atoms with Gasteiger partial charge < -0.3 is 19.7 Å². The van der Waals surface area contributed by atoms with E-state index in [0.717, 1.165) is 31.9 Å². The van der Waals surface area contributed by atoms with Crippen molar-refractivity contribution >= 4 is 17.3 Å². The molecule has 1 amide bonds. The third-order valence-corrected chi connectivity index (χ3v) is 4.34. The lowest BCUT2D eigenvalue weighted by Crippen LogP contribution is -2.44. The van der Waals surface area contributed by atoms with Gasteiger partial charge in [0.25, 0.3) is 5.91 Å². The van der Waals surface area contributed by atoms with Crippen molar-refractivity contribution in [2.75, 3.05) is 43.4 Å². The van der Waals surface area contributed by atoms with Gasteiger partial charge in [0.2, 0.25) is 5.56 Å². The number of nitrogens with one attached hydrogen (secondary N) is 1. The Labute approximate surface area is 141 Å². The van der Waals surface area contributed by atoms with Crippen LogP contribution in [-0.4, -0.2) is 48.6 Å². The van der Waals surface area contributed by atoms with Crippen molar-refractivity contribution in [3.8, 4) is 0 Å². The van der Waals surface area contributed by atoms with Gasteiger partial charge in [-0.2, -0.15) is 0 Å². The monoisotopic (exact) mass is 326 g/mol. The molecule has 1 fully saturated rings. The van der Waals surface area contributed by atoms with Crippen molar-refractivity contribution in [2.24, 2.45) is 7.05 Å². The van der Waals surface area contributed by atoms with Gasteiger partial charge in [0.1, 0.15) is 0 Å². The first-order valence-corrected chi connectivity index (χ1v) is 8.04. The summed E-state index contributed by atoms with van der Waals surface area (Å²) in [6.07, 6.45) is 1.54. The average molecular weight is 326 g/mol. The molecule has 0 saturated carbocycles. The van der Waals surface area contributed by atoms with E-state index < -0.39 is 0 Å². The highest BCUT2D eigenvalue weighted by atomic mass is 16.2. The summed E-state index contributed by atoms with van der Waals surface area (Å²) in [6, 6.07) is 10.8. The van der Waals surface area contributed by atoms with E-state index in [-0.39, 0.29) is 11.5 Å². The minimum Gasteiger partial charge on any atom is -0.369 e. The molecular weight excluding hydrogens is 304 g/mol. The number of rotatable bonds is 3. The summed E-state index contributed by atoms with van der Waals surface area (Å²) in [6.45, 7) is 4.15. The number of aromatic nitrogens is 1. The van der Waals surface area contributed by atoms with Gasteiger partial charge in [-0.15, -0.1) is 0 Å². The fraction of sp³-hybridized carbons (Fsp3) is 0.333. The molecule has 3 rings (SSSR count).